The molecule has 0 aliphatic rings. The summed E-state index contributed by atoms with van der Waals surface area (Å²) in [4.78, 5) is 0. The van der Waals surface area contributed by atoms with Crippen molar-refractivity contribution < 1.29 is 0 Å². The third-order valence-electron chi connectivity index (χ3n) is 3.42. The Morgan fingerprint density at radius 1 is 1.38 bits per heavy atom. The number of hydrogen-bond acceptors (Lipinski definition) is 2. The summed E-state index contributed by atoms with van der Waals surface area (Å²) in [6.45, 7) is 9.81. The Balaban J connectivity index is 2.75. The first-order valence-electron chi connectivity index (χ1n) is 6.35. The normalized spacial score (nSPS) is 15.1. The van der Waals surface area contributed by atoms with Gasteiger partial charge in [-0.15, -0.1) is 0 Å². The summed E-state index contributed by atoms with van der Waals surface area (Å²) in [5.74, 6) is 0.636. The minimum absolute atomic E-state index is 0.547. The molecule has 0 spiro atoms. The van der Waals surface area contributed by atoms with Crippen LogP contribution in [-0.4, -0.2) is 22.9 Å². The van der Waals surface area contributed by atoms with Gasteiger partial charge in [-0.2, -0.15) is 5.10 Å². The lowest BCUT2D eigenvalue weighted by Gasteiger charge is -2.19. The molecule has 1 rings (SSSR count). The summed E-state index contributed by atoms with van der Waals surface area (Å²) < 4.78 is 2.14. The molecule has 0 aliphatic carbocycles. The second-order valence-corrected chi connectivity index (χ2v) is 4.56. The highest BCUT2D eigenvalue weighted by molar-refractivity contribution is 5.11. The van der Waals surface area contributed by atoms with E-state index in [4.69, 9.17) is 0 Å². The number of aryl methyl sites for hydroxylation is 2. The maximum absolute atomic E-state index is 4.58. The minimum Gasteiger partial charge on any atom is -0.317 e. The van der Waals surface area contributed by atoms with E-state index >= 15 is 0 Å². The molecule has 0 saturated carbocycles. The molecule has 1 aromatic rings. The quantitative estimate of drug-likeness (QED) is 0.801. The molecule has 2 atom stereocenters. The number of nitrogens with zero attached hydrogens (tertiary/aromatic N) is 2. The summed E-state index contributed by atoms with van der Waals surface area (Å²) in [7, 11) is 2.02. The molecule has 1 N–H and O–H groups in total. The van der Waals surface area contributed by atoms with Crippen LogP contribution in [0.1, 0.15) is 39.1 Å². The van der Waals surface area contributed by atoms with Crippen molar-refractivity contribution >= 4 is 0 Å². The zero-order chi connectivity index (χ0) is 12.1. The molecule has 0 amide bonds. The molecule has 0 bridgehead atoms. The van der Waals surface area contributed by atoms with Crippen LogP contribution in [0.15, 0.2) is 6.07 Å². The van der Waals surface area contributed by atoms with Crippen molar-refractivity contribution in [3.05, 3.63) is 17.5 Å². The summed E-state index contributed by atoms with van der Waals surface area (Å²) in [5, 5.41) is 7.90. The highest BCUT2D eigenvalue weighted by Crippen LogP contribution is 2.14. The van der Waals surface area contributed by atoms with Gasteiger partial charge >= 0.3 is 0 Å². The topological polar surface area (TPSA) is 29.9 Å². The van der Waals surface area contributed by atoms with Gasteiger partial charge in [0.25, 0.3) is 0 Å². The van der Waals surface area contributed by atoms with E-state index in [2.05, 4.69) is 48.9 Å². The van der Waals surface area contributed by atoms with Crippen molar-refractivity contribution in [1.29, 1.82) is 0 Å². The molecule has 0 aliphatic heterocycles. The average molecular weight is 223 g/mol. The van der Waals surface area contributed by atoms with Crippen LogP contribution in [0, 0.1) is 5.92 Å². The summed E-state index contributed by atoms with van der Waals surface area (Å²) in [5.41, 5.74) is 2.58. The smallest absolute Gasteiger partial charge is 0.0624 e. The van der Waals surface area contributed by atoms with Gasteiger partial charge < -0.3 is 5.32 Å². The molecule has 0 aromatic carbocycles. The largest absolute Gasteiger partial charge is 0.317 e. The molecular weight excluding hydrogens is 198 g/mol. The van der Waals surface area contributed by atoms with Crippen molar-refractivity contribution in [2.75, 3.05) is 7.05 Å². The SMILES string of the molecule is CCc1cc(CC(C)C(C)NC)n(CC)n1. The van der Waals surface area contributed by atoms with Crippen LogP contribution in [0.25, 0.3) is 0 Å². The van der Waals surface area contributed by atoms with Crippen molar-refractivity contribution in [2.24, 2.45) is 5.92 Å². The van der Waals surface area contributed by atoms with E-state index in [1.54, 1.807) is 0 Å². The number of rotatable bonds is 6. The van der Waals surface area contributed by atoms with Crippen LogP contribution in [0.3, 0.4) is 0 Å². The van der Waals surface area contributed by atoms with Gasteiger partial charge in [0.05, 0.1) is 5.69 Å². The molecule has 92 valence electrons. The first-order valence-corrected chi connectivity index (χ1v) is 6.35. The molecule has 3 nitrogen and oxygen atoms in total. The van der Waals surface area contributed by atoms with Gasteiger partial charge in [-0.05, 0) is 45.7 Å². The monoisotopic (exact) mass is 223 g/mol. The Morgan fingerprint density at radius 3 is 2.56 bits per heavy atom. The van der Waals surface area contributed by atoms with Crippen LogP contribution in [0.4, 0.5) is 0 Å². The third-order valence-corrected chi connectivity index (χ3v) is 3.42. The molecule has 1 aromatic heterocycles. The van der Waals surface area contributed by atoms with E-state index in [0.717, 1.165) is 19.4 Å². The van der Waals surface area contributed by atoms with Gasteiger partial charge in [-0.25, -0.2) is 0 Å². The van der Waals surface area contributed by atoms with E-state index in [9.17, 15) is 0 Å². The number of nitrogens with one attached hydrogen (secondary N) is 1. The zero-order valence-electron chi connectivity index (χ0n) is 11.2. The summed E-state index contributed by atoms with van der Waals surface area (Å²) in [6.07, 6.45) is 2.12. The molecular formula is C13H25N3. The van der Waals surface area contributed by atoms with Gasteiger partial charge in [-0.1, -0.05) is 13.8 Å². The fraction of sp³-hybridized carbons (Fsp3) is 0.769. The van der Waals surface area contributed by atoms with Crippen molar-refractivity contribution in [2.45, 2.75) is 53.1 Å². The van der Waals surface area contributed by atoms with Crippen LogP contribution in [-0.2, 0) is 19.4 Å². The van der Waals surface area contributed by atoms with Crippen molar-refractivity contribution in [3.8, 4) is 0 Å². The maximum Gasteiger partial charge on any atom is 0.0624 e. The van der Waals surface area contributed by atoms with Gasteiger partial charge in [0, 0.05) is 18.3 Å². The lowest BCUT2D eigenvalue weighted by molar-refractivity contribution is 0.411. The first-order chi connectivity index (χ1) is 7.62. The van der Waals surface area contributed by atoms with Crippen molar-refractivity contribution in [3.63, 3.8) is 0 Å². The first kappa shape index (κ1) is 13.2. The van der Waals surface area contributed by atoms with Gasteiger partial charge in [0.2, 0.25) is 0 Å². The number of aromatic nitrogens is 2. The standard InChI is InChI=1S/C13H25N3/c1-6-12-9-13(16(7-2)15-12)8-10(3)11(4)14-5/h9-11,14H,6-8H2,1-5H3. The highest BCUT2D eigenvalue weighted by atomic mass is 15.3. The minimum atomic E-state index is 0.547. The zero-order valence-corrected chi connectivity index (χ0v) is 11.2. The van der Waals surface area contributed by atoms with Crippen LogP contribution < -0.4 is 5.32 Å². The molecule has 0 fully saturated rings. The lowest BCUT2D eigenvalue weighted by atomic mass is 9.98. The van der Waals surface area contributed by atoms with E-state index in [0.29, 0.717) is 12.0 Å². The lowest BCUT2D eigenvalue weighted by Crippen LogP contribution is -2.30. The van der Waals surface area contributed by atoms with Crippen molar-refractivity contribution in [1.82, 2.24) is 15.1 Å². The maximum atomic E-state index is 4.58. The fourth-order valence-electron chi connectivity index (χ4n) is 1.92. The van der Waals surface area contributed by atoms with E-state index < -0.39 is 0 Å². The van der Waals surface area contributed by atoms with Gasteiger partial charge in [-0.3, -0.25) is 4.68 Å². The Kier molecular flexibility index (Phi) is 5.00. The van der Waals surface area contributed by atoms with E-state index in [1.807, 2.05) is 7.05 Å². The Labute approximate surface area is 99.2 Å². The predicted molar refractivity (Wildman–Crippen MR) is 68.7 cm³/mol. The predicted octanol–water partition coefficient (Wildman–Crippen LogP) is 2.25. The van der Waals surface area contributed by atoms with E-state index in [1.165, 1.54) is 11.4 Å². The van der Waals surface area contributed by atoms with Crippen LogP contribution in [0.5, 0.6) is 0 Å². The van der Waals surface area contributed by atoms with Crippen LogP contribution >= 0.6 is 0 Å². The second-order valence-electron chi connectivity index (χ2n) is 4.56. The van der Waals surface area contributed by atoms with E-state index in [-0.39, 0.29) is 0 Å². The Bertz CT molecular complexity index is 317. The van der Waals surface area contributed by atoms with Crippen LogP contribution in [0.2, 0.25) is 0 Å². The molecule has 0 saturated heterocycles. The number of hydrogen-bond donors (Lipinski definition) is 1. The molecule has 16 heavy (non-hydrogen) atoms. The second kappa shape index (κ2) is 6.04. The Morgan fingerprint density at radius 2 is 2.06 bits per heavy atom. The summed E-state index contributed by atoms with van der Waals surface area (Å²) >= 11 is 0. The molecule has 1 heterocycles. The molecule has 3 heteroatoms. The third kappa shape index (κ3) is 3.08. The fourth-order valence-corrected chi connectivity index (χ4v) is 1.92. The molecule has 0 radical (unpaired) electrons. The molecule has 2 unspecified atom stereocenters. The van der Waals surface area contributed by atoms with Gasteiger partial charge in [0.1, 0.15) is 0 Å². The highest BCUT2D eigenvalue weighted by Gasteiger charge is 2.14. The average Bonchev–Trinajstić information content (AvgIpc) is 2.70. The summed E-state index contributed by atoms with van der Waals surface area (Å²) in [6, 6.07) is 2.80. The van der Waals surface area contributed by atoms with Gasteiger partial charge in [0.15, 0.2) is 0 Å². The Hall–Kier alpha value is -0.830.